The summed E-state index contributed by atoms with van der Waals surface area (Å²) in [5.41, 5.74) is 5.79. The highest BCUT2D eigenvalue weighted by Gasteiger charge is 2.32. The van der Waals surface area contributed by atoms with E-state index in [1.165, 1.54) is 11.3 Å². The number of likely N-dealkylation sites (N-methyl/N-ethyl adjacent to an activating group) is 1. The van der Waals surface area contributed by atoms with Crippen molar-refractivity contribution in [3.8, 4) is 0 Å². The number of rotatable bonds is 3. The number of hydrogen-bond acceptors (Lipinski definition) is 6. The van der Waals surface area contributed by atoms with Gasteiger partial charge in [-0.2, -0.15) is 0 Å². The number of anilines is 2. The fourth-order valence-electron chi connectivity index (χ4n) is 2.40. The van der Waals surface area contributed by atoms with Crippen LogP contribution in [0.15, 0.2) is 0 Å². The first-order valence-corrected chi connectivity index (χ1v) is 7.94. The number of thiazole rings is 1. The normalized spacial score (nSPS) is 22.3. The summed E-state index contributed by atoms with van der Waals surface area (Å²) in [6.07, 6.45) is 0.912. The quantitative estimate of drug-likeness (QED) is 0.894. The fraction of sp³-hybridized carbons (Fsp3) is 0.714. The third kappa shape index (κ3) is 3.65. The number of nitrogen functional groups attached to an aromatic ring is 1. The maximum atomic E-state index is 12.6. The van der Waals surface area contributed by atoms with E-state index in [2.05, 4.69) is 10.3 Å². The van der Waals surface area contributed by atoms with Gasteiger partial charge in [0, 0.05) is 19.2 Å². The molecule has 0 aliphatic carbocycles. The van der Waals surface area contributed by atoms with E-state index in [9.17, 15) is 4.79 Å². The smallest absolute Gasteiger partial charge is 0.267 e. The first-order valence-electron chi connectivity index (χ1n) is 7.12. The van der Waals surface area contributed by atoms with Crippen LogP contribution in [-0.4, -0.2) is 47.1 Å². The Balaban J connectivity index is 2.15. The standard InChI is InChI=1S/C14H24N4O2S/c1-8-9(6-7-20-8)18(5)12(19)10-11(15)16-13(21-10)17-14(2,3)4/h8-9H,6-7,15H2,1-5H3,(H,16,17). The zero-order chi connectivity index (χ0) is 15.8. The van der Waals surface area contributed by atoms with Crippen molar-refractivity contribution in [1.82, 2.24) is 9.88 Å². The largest absolute Gasteiger partial charge is 0.382 e. The minimum atomic E-state index is -0.121. The molecule has 3 N–H and O–H groups in total. The van der Waals surface area contributed by atoms with Gasteiger partial charge in [-0.05, 0) is 34.1 Å². The molecule has 1 fully saturated rings. The van der Waals surface area contributed by atoms with Crippen molar-refractivity contribution in [2.75, 3.05) is 24.7 Å². The van der Waals surface area contributed by atoms with E-state index in [-0.39, 0.29) is 29.4 Å². The van der Waals surface area contributed by atoms with E-state index < -0.39 is 0 Å². The Morgan fingerprint density at radius 1 is 1.52 bits per heavy atom. The van der Waals surface area contributed by atoms with Gasteiger partial charge in [-0.25, -0.2) is 4.98 Å². The zero-order valence-electron chi connectivity index (χ0n) is 13.3. The van der Waals surface area contributed by atoms with E-state index >= 15 is 0 Å². The molecule has 0 saturated carbocycles. The molecular formula is C14H24N4O2S. The molecule has 2 atom stereocenters. The highest BCUT2D eigenvalue weighted by molar-refractivity contribution is 7.18. The molecule has 2 heterocycles. The number of aromatic nitrogens is 1. The molecule has 7 heteroatoms. The molecule has 1 aromatic rings. The molecule has 2 unspecified atom stereocenters. The van der Waals surface area contributed by atoms with Crippen molar-refractivity contribution < 1.29 is 9.53 Å². The van der Waals surface area contributed by atoms with Crippen LogP contribution in [0.4, 0.5) is 10.9 Å². The van der Waals surface area contributed by atoms with Crippen molar-refractivity contribution in [2.45, 2.75) is 51.8 Å². The number of nitrogens with one attached hydrogen (secondary N) is 1. The Morgan fingerprint density at radius 3 is 2.71 bits per heavy atom. The van der Waals surface area contributed by atoms with Crippen molar-refractivity contribution >= 4 is 28.2 Å². The van der Waals surface area contributed by atoms with Crippen LogP contribution in [0.2, 0.25) is 0 Å². The van der Waals surface area contributed by atoms with Gasteiger partial charge >= 0.3 is 0 Å². The number of ether oxygens (including phenoxy) is 1. The van der Waals surface area contributed by atoms with Gasteiger partial charge in [0.05, 0.1) is 12.1 Å². The Morgan fingerprint density at radius 2 is 2.19 bits per heavy atom. The van der Waals surface area contributed by atoms with Gasteiger partial charge in [0.25, 0.3) is 5.91 Å². The number of hydrogen-bond donors (Lipinski definition) is 2. The second kappa shape index (κ2) is 5.81. The summed E-state index contributed by atoms with van der Waals surface area (Å²) in [6.45, 7) is 8.80. The van der Waals surface area contributed by atoms with Crippen LogP contribution in [0.5, 0.6) is 0 Å². The lowest BCUT2D eigenvalue weighted by molar-refractivity contribution is 0.0579. The Hall–Kier alpha value is -1.34. The summed E-state index contributed by atoms with van der Waals surface area (Å²) in [5.74, 6) is 0.199. The minimum Gasteiger partial charge on any atom is -0.382 e. The summed E-state index contributed by atoms with van der Waals surface area (Å²) in [5, 5.41) is 3.92. The predicted molar refractivity (Wildman–Crippen MR) is 85.8 cm³/mol. The van der Waals surface area contributed by atoms with Crippen LogP contribution >= 0.6 is 11.3 Å². The molecule has 0 radical (unpaired) electrons. The summed E-state index contributed by atoms with van der Waals surface area (Å²) < 4.78 is 5.52. The second-order valence-electron chi connectivity index (χ2n) is 6.46. The molecule has 0 bridgehead atoms. The van der Waals surface area contributed by atoms with E-state index in [1.807, 2.05) is 27.7 Å². The van der Waals surface area contributed by atoms with Crippen LogP contribution < -0.4 is 11.1 Å². The molecule has 6 nitrogen and oxygen atoms in total. The third-order valence-corrected chi connectivity index (χ3v) is 4.46. The molecule has 1 aliphatic rings. The average Bonchev–Trinajstić information content (AvgIpc) is 2.92. The van der Waals surface area contributed by atoms with Crippen molar-refractivity contribution in [3.05, 3.63) is 4.88 Å². The first kappa shape index (κ1) is 16.0. The number of nitrogens with two attached hydrogens (primary N) is 1. The maximum Gasteiger partial charge on any atom is 0.267 e. The van der Waals surface area contributed by atoms with Crippen molar-refractivity contribution in [1.29, 1.82) is 0 Å². The van der Waals surface area contributed by atoms with Gasteiger partial charge in [0.15, 0.2) is 5.13 Å². The molecule has 1 saturated heterocycles. The average molecular weight is 312 g/mol. The topological polar surface area (TPSA) is 80.5 Å². The van der Waals surface area contributed by atoms with E-state index in [0.29, 0.717) is 16.6 Å². The van der Waals surface area contributed by atoms with E-state index in [4.69, 9.17) is 10.5 Å². The maximum absolute atomic E-state index is 12.6. The highest BCUT2D eigenvalue weighted by atomic mass is 32.1. The SMILES string of the molecule is CC1OCCC1N(C)C(=O)c1sc(NC(C)(C)C)nc1N. The molecule has 21 heavy (non-hydrogen) atoms. The monoisotopic (exact) mass is 312 g/mol. The van der Waals surface area contributed by atoms with Gasteiger partial charge in [-0.1, -0.05) is 11.3 Å². The number of carbonyl (C=O) groups is 1. The van der Waals surface area contributed by atoms with Gasteiger partial charge in [-0.15, -0.1) is 0 Å². The zero-order valence-corrected chi connectivity index (χ0v) is 14.1. The molecule has 1 aromatic heterocycles. The lowest BCUT2D eigenvalue weighted by Crippen LogP contribution is -2.40. The van der Waals surface area contributed by atoms with Gasteiger partial charge in [0.1, 0.15) is 10.7 Å². The Labute approximate surface area is 129 Å². The van der Waals surface area contributed by atoms with E-state index in [1.54, 1.807) is 11.9 Å². The molecule has 1 amide bonds. The number of carbonyl (C=O) groups excluding carboxylic acids is 1. The summed E-state index contributed by atoms with van der Waals surface area (Å²) in [4.78, 5) is 19.1. The molecule has 1 aliphatic heterocycles. The number of nitrogens with zero attached hydrogens (tertiary/aromatic N) is 2. The third-order valence-electron chi connectivity index (χ3n) is 3.48. The molecule has 0 aromatic carbocycles. The lowest BCUT2D eigenvalue weighted by Gasteiger charge is -2.26. The van der Waals surface area contributed by atoms with Crippen molar-refractivity contribution in [2.24, 2.45) is 0 Å². The number of amides is 1. The molecule has 0 spiro atoms. The molecule has 2 rings (SSSR count). The van der Waals surface area contributed by atoms with Gasteiger partial charge < -0.3 is 20.7 Å². The van der Waals surface area contributed by atoms with Crippen molar-refractivity contribution in [3.63, 3.8) is 0 Å². The first-order chi connectivity index (χ1) is 9.69. The molecular weight excluding hydrogens is 288 g/mol. The van der Waals surface area contributed by atoms with Crippen LogP contribution in [0.1, 0.15) is 43.8 Å². The van der Waals surface area contributed by atoms with Gasteiger partial charge in [-0.3, -0.25) is 4.79 Å². The predicted octanol–water partition coefficient (Wildman–Crippen LogP) is 2.19. The summed E-state index contributed by atoms with van der Waals surface area (Å²) in [6, 6.07) is 0.0954. The Kier molecular flexibility index (Phi) is 4.43. The second-order valence-corrected chi connectivity index (χ2v) is 7.46. The summed E-state index contributed by atoms with van der Waals surface area (Å²) in [7, 11) is 1.80. The van der Waals surface area contributed by atoms with Crippen LogP contribution in [0, 0.1) is 0 Å². The van der Waals surface area contributed by atoms with Crippen LogP contribution in [0.25, 0.3) is 0 Å². The minimum absolute atomic E-state index is 0.0558. The lowest BCUT2D eigenvalue weighted by atomic mass is 10.1. The van der Waals surface area contributed by atoms with Crippen LogP contribution in [0.3, 0.4) is 0 Å². The van der Waals surface area contributed by atoms with E-state index in [0.717, 1.165) is 6.42 Å². The fourth-order valence-corrected chi connectivity index (χ4v) is 3.48. The Bertz CT molecular complexity index is 524. The van der Waals surface area contributed by atoms with Gasteiger partial charge in [0.2, 0.25) is 0 Å². The van der Waals surface area contributed by atoms with Crippen LogP contribution in [-0.2, 0) is 4.74 Å². The highest BCUT2D eigenvalue weighted by Crippen LogP contribution is 2.30. The summed E-state index contributed by atoms with van der Waals surface area (Å²) >= 11 is 1.30. The molecule has 118 valence electrons.